The van der Waals surface area contributed by atoms with E-state index >= 15 is 0 Å². The quantitative estimate of drug-likeness (QED) is 0.247. The molecule has 3 aromatic rings. The Morgan fingerprint density at radius 1 is 0.864 bits per heavy atom. The van der Waals surface area contributed by atoms with Gasteiger partial charge in [-0.05, 0) is 59.4 Å². The minimum absolute atomic E-state index is 0.0410. The minimum atomic E-state index is -1.03. The highest BCUT2D eigenvalue weighted by Crippen LogP contribution is 2.45. The molecule has 3 aliphatic heterocycles. The van der Waals surface area contributed by atoms with Crippen molar-refractivity contribution in [3.63, 3.8) is 0 Å². The van der Waals surface area contributed by atoms with E-state index in [-0.39, 0.29) is 16.9 Å². The molecule has 44 heavy (non-hydrogen) atoms. The third-order valence-electron chi connectivity index (χ3n) is 9.51. The van der Waals surface area contributed by atoms with Gasteiger partial charge in [-0.2, -0.15) is 0 Å². The zero-order valence-electron chi connectivity index (χ0n) is 28.5. The molecule has 3 aliphatic rings. The molecule has 1 spiro atoms. The number of unbranched alkanes of at least 4 members (excludes halogenated alkanes) is 1. The Kier molecular flexibility index (Phi) is 7.41. The maximum Gasteiger partial charge on any atom is 0.704 e. The molecule has 0 N–H and O–H groups in total. The summed E-state index contributed by atoms with van der Waals surface area (Å²) in [6, 6.07) is 12.7. The van der Waals surface area contributed by atoms with Crippen molar-refractivity contribution in [2.75, 3.05) is 25.5 Å². The fourth-order valence-corrected chi connectivity index (χ4v) is 6.70. The summed E-state index contributed by atoms with van der Waals surface area (Å²) in [5, 5.41) is 0. The van der Waals surface area contributed by atoms with Gasteiger partial charge in [0.25, 0.3) is 0 Å². The lowest BCUT2D eigenvalue weighted by atomic mass is 9.79. The predicted molar refractivity (Wildman–Crippen MR) is 178 cm³/mol. The molecule has 2 atom stereocenters. The van der Waals surface area contributed by atoms with Crippen LogP contribution in [0.2, 0.25) is 0 Å². The summed E-state index contributed by atoms with van der Waals surface area (Å²) in [4.78, 5) is 2.13. The SMILES string of the molecule is Cc1c(CCCC[n+]2ccc(N(C)C)cc2)ccc2c1OC13Oc4c(cc(C(C)(C)C)cc4C(C)(C)C)C=[N+]1CC(C)[N+]3=C2. The molecule has 6 rings (SSSR count). The lowest BCUT2D eigenvalue weighted by Crippen LogP contribution is -2.60. The van der Waals surface area contributed by atoms with Crippen LogP contribution in [0, 0.1) is 6.92 Å². The van der Waals surface area contributed by atoms with E-state index in [1.165, 1.54) is 27.9 Å². The van der Waals surface area contributed by atoms with Gasteiger partial charge in [-0.25, -0.2) is 4.57 Å². The Bertz CT molecular complexity index is 1650. The summed E-state index contributed by atoms with van der Waals surface area (Å²) in [5.74, 6) is 1.87. The van der Waals surface area contributed by atoms with Crippen LogP contribution in [-0.2, 0) is 23.8 Å². The van der Waals surface area contributed by atoms with Gasteiger partial charge >= 0.3 is 6.03 Å². The maximum absolute atomic E-state index is 7.13. The van der Waals surface area contributed by atoms with Gasteiger partial charge in [0.2, 0.25) is 12.6 Å². The van der Waals surface area contributed by atoms with E-state index in [4.69, 9.17) is 9.47 Å². The van der Waals surface area contributed by atoms with Crippen LogP contribution in [0.25, 0.3) is 0 Å². The molecule has 6 heteroatoms. The molecule has 2 unspecified atom stereocenters. The molecule has 1 fully saturated rings. The van der Waals surface area contributed by atoms with Crippen molar-refractivity contribution in [3.8, 4) is 11.5 Å². The summed E-state index contributed by atoms with van der Waals surface area (Å²) in [5.41, 5.74) is 8.54. The summed E-state index contributed by atoms with van der Waals surface area (Å²) in [6.07, 6.45) is 12.2. The maximum atomic E-state index is 7.13. The normalized spacial score (nSPS) is 20.4. The molecular formula is C38H51N4O2+3. The Morgan fingerprint density at radius 2 is 1.57 bits per heavy atom. The molecule has 0 radical (unpaired) electrons. The first-order chi connectivity index (χ1) is 20.7. The number of anilines is 1. The molecule has 0 bridgehead atoms. The number of pyridine rings is 1. The zero-order valence-corrected chi connectivity index (χ0v) is 28.5. The van der Waals surface area contributed by atoms with Crippen LogP contribution in [-0.4, -0.2) is 54.3 Å². The van der Waals surface area contributed by atoms with Crippen molar-refractivity contribution in [3.05, 3.63) is 82.2 Å². The second kappa shape index (κ2) is 10.7. The number of nitrogens with zero attached hydrogens (tertiary/aromatic N) is 4. The smallest absolute Gasteiger partial charge is 0.377 e. The van der Waals surface area contributed by atoms with Gasteiger partial charge in [0, 0.05) is 50.8 Å². The highest BCUT2D eigenvalue weighted by molar-refractivity contribution is 5.84. The van der Waals surface area contributed by atoms with Crippen molar-refractivity contribution in [2.45, 2.75) is 104 Å². The van der Waals surface area contributed by atoms with Gasteiger partial charge in [0.1, 0.15) is 6.54 Å². The van der Waals surface area contributed by atoms with E-state index in [2.05, 4.69) is 149 Å². The first-order valence-electron chi connectivity index (χ1n) is 16.3. The first kappa shape index (κ1) is 30.4. The van der Waals surface area contributed by atoms with Crippen molar-refractivity contribution in [1.29, 1.82) is 0 Å². The number of hydrogen-bond donors (Lipinski definition) is 0. The van der Waals surface area contributed by atoms with Crippen LogP contribution in [0.1, 0.15) is 94.7 Å². The molecule has 1 aromatic heterocycles. The number of fused-ring (bicyclic) bond motifs is 2. The average Bonchev–Trinajstić information content (AvgIpc) is 3.22. The van der Waals surface area contributed by atoms with Crippen LogP contribution in [0.5, 0.6) is 11.5 Å². The Morgan fingerprint density at radius 3 is 2.23 bits per heavy atom. The fraction of sp³-hybridized carbons (Fsp3) is 0.500. The van der Waals surface area contributed by atoms with Crippen LogP contribution < -0.4 is 18.9 Å². The van der Waals surface area contributed by atoms with Gasteiger partial charge < -0.3 is 14.4 Å². The van der Waals surface area contributed by atoms with Crippen LogP contribution in [0.15, 0.2) is 48.8 Å². The monoisotopic (exact) mass is 595 g/mol. The lowest BCUT2D eigenvalue weighted by Gasteiger charge is -2.33. The molecule has 232 valence electrons. The Balaban J connectivity index is 1.28. The molecule has 0 amide bonds. The minimum Gasteiger partial charge on any atom is -0.377 e. The Labute approximate surface area is 264 Å². The van der Waals surface area contributed by atoms with Crippen molar-refractivity contribution in [1.82, 2.24) is 0 Å². The van der Waals surface area contributed by atoms with Crippen LogP contribution in [0.3, 0.4) is 0 Å². The molecule has 0 saturated carbocycles. The van der Waals surface area contributed by atoms with Crippen LogP contribution in [0.4, 0.5) is 5.69 Å². The molecule has 0 aliphatic carbocycles. The predicted octanol–water partition coefficient (Wildman–Crippen LogP) is 6.33. The highest BCUT2D eigenvalue weighted by Gasteiger charge is 2.71. The summed E-state index contributed by atoms with van der Waals surface area (Å²) >= 11 is 0. The van der Waals surface area contributed by atoms with Gasteiger partial charge in [-0.1, -0.05) is 62.8 Å². The summed E-state index contributed by atoms with van der Waals surface area (Å²) < 4.78 is 21.0. The standard InChI is InChI=1S/C38H51N4O2/c1-26-23-41-24-30-21-31(36(3,4)5)22-33(37(6,7)8)35(30)44-38(41)42(26)25-29-15-14-28(27(2)34(29)43-38)13-11-12-18-40-19-16-32(17-20-40)39(9)10/h14-17,19-22,24-26H,11-13,18,23H2,1-10H3/q+3. The molecule has 6 nitrogen and oxygen atoms in total. The second-order valence-corrected chi connectivity index (χ2v) is 15.3. The van der Waals surface area contributed by atoms with Crippen LogP contribution >= 0.6 is 0 Å². The first-order valence-corrected chi connectivity index (χ1v) is 16.3. The highest BCUT2D eigenvalue weighted by atomic mass is 16.7. The number of hydrogen-bond acceptors (Lipinski definition) is 3. The average molecular weight is 596 g/mol. The van der Waals surface area contributed by atoms with E-state index in [0.29, 0.717) is 0 Å². The van der Waals surface area contributed by atoms with E-state index in [9.17, 15) is 0 Å². The van der Waals surface area contributed by atoms with E-state index in [1.54, 1.807) is 0 Å². The molecular weight excluding hydrogens is 544 g/mol. The third-order valence-corrected chi connectivity index (χ3v) is 9.51. The Hall–Kier alpha value is -3.67. The van der Waals surface area contributed by atoms with Gasteiger partial charge in [-0.15, -0.1) is 0 Å². The number of rotatable bonds is 6. The lowest BCUT2D eigenvalue weighted by molar-refractivity contribution is -0.860. The van der Waals surface area contributed by atoms with E-state index in [1.807, 2.05) is 0 Å². The van der Waals surface area contributed by atoms with Crippen molar-refractivity contribution >= 4 is 18.1 Å². The molecule has 1 saturated heterocycles. The van der Waals surface area contributed by atoms with Crippen molar-refractivity contribution < 1.29 is 23.2 Å². The largest absolute Gasteiger partial charge is 0.704 e. The van der Waals surface area contributed by atoms with Crippen molar-refractivity contribution in [2.24, 2.45) is 0 Å². The number of aromatic nitrogens is 1. The topological polar surface area (TPSA) is 31.6 Å². The van der Waals surface area contributed by atoms with E-state index < -0.39 is 6.03 Å². The second-order valence-electron chi connectivity index (χ2n) is 15.3. The molecule has 2 aromatic carbocycles. The van der Waals surface area contributed by atoms with Gasteiger partial charge in [0.15, 0.2) is 36.3 Å². The fourth-order valence-electron chi connectivity index (χ4n) is 6.70. The van der Waals surface area contributed by atoms with Gasteiger partial charge in [-0.3, -0.25) is 0 Å². The number of aryl methyl sites for hydroxylation is 2. The third kappa shape index (κ3) is 5.31. The van der Waals surface area contributed by atoms with E-state index in [0.717, 1.165) is 55.0 Å². The number of benzene rings is 2. The summed E-state index contributed by atoms with van der Waals surface area (Å²) in [7, 11) is 4.15. The van der Waals surface area contributed by atoms with Gasteiger partial charge in [0.05, 0.1) is 11.1 Å². The number of ether oxygens (including phenoxy) is 2. The summed E-state index contributed by atoms with van der Waals surface area (Å²) in [6.45, 7) is 20.0. The molecule has 4 heterocycles. The zero-order chi connectivity index (χ0) is 31.6.